The Balaban J connectivity index is 1.80. The SMILES string of the molecule is CCCC(C)COC1CCC(NC2CC2)(C(N)=O)C1. The lowest BCUT2D eigenvalue weighted by Gasteiger charge is -2.27. The normalized spacial score (nSPS) is 32.4. The van der Waals surface area contributed by atoms with Crippen LogP contribution in [0.15, 0.2) is 0 Å². The minimum Gasteiger partial charge on any atom is -0.378 e. The second kappa shape index (κ2) is 6.23. The minimum absolute atomic E-state index is 0.193. The summed E-state index contributed by atoms with van der Waals surface area (Å²) in [5.74, 6) is 0.400. The molecule has 4 nitrogen and oxygen atoms in total. The summed E-state index contributed by atoms with van der Waals surface area (Å²) in [7, 11) is 0. The third-order valence-electron chi connectivity index (χ3n) is 4.40. The minimum atomic E-state index is -0.500. The third-order valence-corrected chi connectivity index (χ3v) is 4.40. The standard InChI is InChI=1S/C15H28N2O2/c1-3-4-11(2)10-19-13-7-8-15(9-13,14(16)18)17-12-5-6-12/h11-13,17H,3-10H2,1-2H3,(H2,16,18). The Morgan fingerprint density at radius 3 is 2.79 bits per heavy atom. The molecule has 0 aromatic rings. The van der Waals surface area contributed by atoms with Crippen molar-refractivity contribution in [1.82, 2.24) is 5.32 Å². The summed E-state index contributed by atoms with van der Waals surface area (Å²) in [6.07, 6.45) is 7.46. The molecule has 3 unspecified atom stereocenters. The highest BCUT2D eigenvalue weighted by Gasteiger charge is 2.47. The Morgan fingerprint density at radius 2 is 2.21 bits per heavy atom. The highest BCUT2D eigenvalue weighted by atomic mass is 16.5. The van der Waals surface area contributed by atoms with E-state index in [0.717, 1.165) is 25.9 Å². The second-order valence-corrected chi connectivity index (χ2v) is 6.46. The molecule has 0 aromatic carbocycles. The fourth-order valence-electron chi connectivity index (χ4n) is 3.06. The Bertz CT molecular complexity index is 317. The van der Waals surface area contributed by atoms with Crippen molar-refractivity contribution in [2.75, 3.05) is 6.61 Å². The molecule has 0 aromatic heterocycles. The first-order chi connectivity index (χ1) is 9.05. The van der Waals surface area contributed by atoms with Crippen LogP contribution in [0.5, 0.6) is 0 Å². The number of nitrogens with two attached hydrogens (primary N) is 1. The number of rotatable bonds is 8. The average molecular weight is 268 g/mol. The van der Waals surface area contributed by atoms with Crippen LogP contribution in [0.3, 0.4) is 0 Å². The van der Waals surface area contributed by atoms with E-state index in [1.54, 1.807) is 0 Å². The number of nitrogens with one attached hydrogen (secondary N) is 1. The number of carbonyl (C=O) groups excluding carboxylic acids is 1. The smallest absolute Gasteiger partial charge is 0.237 e. The lowest BCUT2D eigenvalue weighted by Crippen LogP contribution is -2.54. The van der Waals surface area contributed by atoms with E-state index < -0.39 is 5.54 Å². The summed E-state index contributed by atoms with van der Waals surface area (Å²) in [5.41, 5.74) is 5.12. The van der Waals surface area contributed by atoms with Gasteiger partial charge in [0.25, 0.3) is 0 Å². The van der Waals surface area contributed by atoms with Gasteiger partial charge in [0.05, 0.1) is 6.10 Å². The molecule has 0 heterocycles. The highest BCUT2D eigenvalue weighted by molar-refractivity contribution is 5.85. The van der Waals surface area contributed by atoms with Crippen LogP contribution in [-0.2, 0) is 9.53 Å². The van der Waals surface area contributed by atoms with Gasteiger partial charge < -0.3 is 15.8 Å². The van der Waals surface area contributed by atoms with Crippen molar-refractivity contribution >= 4 is 5.91 Å². The largest absolute Gasteiger partial charge is 0.378 e. The predicted octanol–water partition coefficient (Wildman–Crippen LogP) is 1.97. The van der Waals surface area contributed by atoms with E-state index in [1.165, 1.54) is 25.7 Å². The van der Waals surface area contributed by atoms with Crippen LogP contribution in [-0.4, -0.2) is 30.2 Å². The molecule has 0 radical (unpaired) electrons. The van der Waals surface area contributed by atoms with E-state index >= 15 is 0 Å². The number of hydrogen-bond acceptors (Lipinski definition) is 3. The molecule has 3 atom stereocenters. The fraction of sp³-hybridized carbons (Fsp3) is 0.933. The molecule has 0 spiro atoms. The summed E-state index contributed by atoms with van der Waals surface area (Å²) in [6, 6.07) is 0.505. The van der Waals surface area contributed by atoms with Crippen LogP contribution < -0.4 is 11.1 Å². The van der Waals surface area contributed by atoms with Crippen molar-refractivity contribution in [2.24, 2.45) is 11.7 Å². The van der Waals surface area contributed by atoms with E-state index in [2.05, 4.69) is 19.2 Å². The van der Waals surface area contributed by atoms with Gasteiger partial charge in [-0.05, 0) is 38.0 Å². The lowest BCUT2D eigenvalue weighted by molar-refractivity contribution is -0.124. The Morgan fingerprint density at radius 1 is 1.47 bits per heavy atom. The first-order valence-electron chi connectivity index (χ1n) is 7.75. The summed E-state index contributed by atoms with van der Waals surface area (Å²) in [5, 5.41) is 3.45. The van der Waals surface area contributed by atoms with E-state index in [1.807, 2.05) is 0 Å². The van der Waals surface area contributed by atoms with E-state index in [-0.39, 0.29) is 12.0 Å². The molecule has 1 amide bonds. The van der Waals surface area contributed by atoms with E-state index in [4.69, 9.17) is 10.5 Å². The molecular weight excluding hydrogens is 240 g/mol. The van der Waals surface area contributed by atoms with Crippen molar-refractivity contribution in [1.29, 1.82) is 0 Å². The molecule has 0 bridgehead atoms. The molecule has 2 rings (SSSR count). The zero-order chi connectivity index (χ0) is 13.9. The van der Waals surface area contributed by atoms with Gasteiger partial charge in [0.1, 0.15) is 5.54 Å². The molecule has 3 N–H and O–H groups in total. The molecule has 110 valence electrons. The number of ether oxygens (including phenoxy) is 1. The zero-order valence-electron chi connectivity index (χ0n) is 12.3. The van der Waals surface area contributed by atoms with Crippen LogP contribution >= 0.6 is 0 Å². The molecule has 0 aliphatic heterocycles. The molecule has 0 saturated heterocycles. The van der Waals surface area contributed by atoms with Crippen molar-refractivity contribution in [3.05, 3.63) is 0 Å². The van der Waals surface area contributed by atoms with Crippen molar-refractivity contribution in [3.63, 3.8) is 0 Å². The Kier molecular flexibility index (Phi) is 4.85. The van der Waals surface area contributed by atoms with Gasteiger partial charge in [-0.25, -0.2) is 0 Å². The topological polar surface area (TPSA) is 64.3 Å². The molecule has 2 aliphatic carbocycles. The summed E-state index contributed by atoms with van der Waals surface area (Å²) < 4.78 is 5.98. The van der Waals surface area contributed by atoms with Gasteiger partial charge in [0.2, 0.25) is 5.91 Å². The van der Waals surface area contributed by atoms with E-state index in [9.17, 15) is 4.79 Å². The third kappa shape index (κ3) is 3.93. The summed E-state index contributed by atoms with van der Waals surface area (Å²) in [6.45, 7) is 5.22. The molecule has 2 aliphatic rings. The molecule has 19 heavy (non-hydrogen) atoms. The van der Waals surface area contributed by atoms with Gasteiger partial charge in [0.15, 0.2) is 0 Å². The lowest BCUT2D eigenvalue weighted by atomic mass is 9.96. The number of hydrogen-bond donors (Lipinski definition) is 2. The van der Waals surface area contributed by atoms with Gasteiger partial charge in [0, 0.05) is 19.1 Å². The molecule has 4 heteroatoms. The van der Waals surface area contributed by atoms with Crippen LogP contribution in [0, 0.1) is 5.92 Å². The molecule has 2 fully saturated rings. The zero-order valence-corrected chi connectivity index (χ0v) is 12.3. The second-order valence-electron chi connectivity index (χ2n) is 6.46. The van der Waals surface area contributed by atoms with Crippen LogP contribution in [0.2, 0.25) is 0 Å². The first-order valence-corrected chi connectivity index (χ1v) is 7.75. The van der Waals surface area contributed by atoms with Crippen molar-refractivity contribution in [2.45, 2.75) is 76.5 Å². The van der Waals surface area contributed by atoms with Gasteiger partial charge in [-0.2, -0.15) is 0 Å². The fourth-order valence-corrected chi connectivity index (χ4v) is 3.06. The van der Waals surface area contributed by atoms with Crippen molar-refractivity contribution < 1.29 is 9.53 Å². The Hall–Kier alpha value is -0.610. The number of carbonyl (C=O) groups is 1. The van der Waals surface area contributed by atoms with Crippen LogP contribution in [0.1, 0.15) is 58.8 Å². The maximum Gasteiger partial charge on any atom is 0.237 e. The Labute approximate surface area is 116 Å². The average Bonchev–Trinajstić information content (AvgIpc) is 3.05. The van der Waals surface area contributed by atoms with Crippen LogP contribution in [0.4, 0.5) is 0 Å². The molecule has 2 saturated carbocycles. The number of primary amides is 1. The van der Waals surface area contributed by atoms with Gasteiger partial charge in [-0.1, -0.05) is 20.3 Å². The first kappa shape index (κ1) is 14.8. The monoisotopic (exact) mass is 268 g/mol. The summed E-state index contributed by atoms with van der Waals surface area (Å²) in [4.78, 5) is 11.8. The maximum atomic E-state index is 11.8. The van der Waals surface area contributed by atoms with Gasteiger partial charge in [-0.15, -0.1) is 0 Å². The van der Waals surface area contributed by atoms with E-state index in [0.29, 0.717) is 12.0 Å². The van der Waals surface area contributed by atoms with Gasteiger partial charge in [-0.3, -0.25) is 4.79 Å². The van der Waals surface area contributed by atoms with Crippen LogP contribution in [0.25, 0.3) is 0 Å². The maximum absolute atomic E-state index is 11.8. The quantitative estimate of drug-likeness (QED) is 0.707. The number of amides is 1. The summed E-state index contributed by atoms with van der Waals surface area (Å²) >= 11 is 0. The van der Waals surface area contributed by atoms with Crippen molar-refractivity contribution in [3.8, 4) is 0 Å². The van der Waals surface area contributed by atoms with Gasteiger partial charge >= 0.3 is 0 Å². The highest BCUT2D eigenvalue weighted by Crippen LogP contribution is 2.35. The predicted molar refractivity (Wildman–Crippen MR) is 75.7 cm³/mol. The molecular formula is C15H28N2O2.